The standard InChI is InChI=1S/C18H38/c1-8-17(13-12-15(4)5)18(16(6)7)11-9-10-14(2)3/h14-18H,8-13H2,1-7H3. The van der Waals surface area contributed by atoms with Gasteiger partial charge in [-0.15, -0.1) is 0 Å². The maximum atomic E-state index is 2.43. The van der Waals surface area contributed by atoms with E-state index in [-0.39, 0.29) is 0 Å². The van der Waals surface area contributed by atoms with Gasteiger partial charge in [0.2, 0.25) is 0 Å². The lowest BCUT2D eigenvalue weighted by atomic mass is 9.75. The topological polar surface area (TPSA) is 0 Å². The molecule has 0 saturated carbocycles. The van der Waals surface area contributed by atoms with Crippen LogP contribution in [0.1, 0.15) is 87.0 Å². The minimum absolute atomic E-state index is 0.856. The maximum Gasteiger partial charge on any atom is -0.0363 e. The van der Waals surface area contributed by atoms with Gasteiger partial charge in [-0.1, -0.05) is 74.1 Å². The molecular formula is C18H38. The summed E-state index contributed by atoms with van der Waals surface area (Å²) >= 11 is 0. The first kappa shape index (κ1) is 18.0. The van der Waals surface area contributed by atoms with Crippen molar-refractivity contribution in [2.24, 2.45) is 29.6 Å². The molecule has 0 aliphatic heterocycles. The molecule has 0 amide bonds. The molecule has 0 aromatic carbocycles. The Bertz CT molecular complexity index is 178. The average molecular weight is 255 g/mol. The lowest BCUT2D eigenvalue weighted by Crippen LogP contribution is -2.20. The SMILES string of the molecule is CCC(CCC(C)C)C(CCCC(C)C)C(C)C. The van der Waals surface area contributed by atoms with Crippen LogP contribution in [0.3, 0.4) is 0 Å². The molecule has 0 heterocycles. The fraction of sp³-hybridized carbons (Fsp3) is 1.00. The smallest absolute Gasteiger partial charge is 0.0363 e. The first-order valence-electron chi connectivity index (χ1n) is 8.38. The van der Waals surface area contributed by atoms with Crippen molar-refractivity contribution in [1.82, 2.24) is 0 Å². The van der Waals surface area contributed by atoms with Crippen LogP contribution in [-0.4, -0.2) is 0 Å². The van der Waals surface area contributed by atoms with Crippen molar-refractivity contribution in [1.29, 1.82) is 0 Å². The van der Waals surface area contributed by atoms with E-state index in [1.54, 1.807) is 0 Å². The van der Waals surface area contributed by atoms with Gasteiger partial charge in [-0.2, -0.15) is 0 Å². The van der Waals surface area contributed by atoms with Crippen molar-refractivity contribution in [2.45, 2.75) is 87.0 Å². The molecule has 0 aliphatic carbocycles. The fourth-order valence-corrected chi connectivity index (χ4v) is 3.14. The van der Waals surface area contributed by atoms with Crippen molar-refractivity contribution in [3.8, 4) is 0 Å². The van der Waals surface area contributed by atoms with Gasteiger partial charge in [0, 0.05) is 0 Å². The molecular weight excluding hydrogens is 216 g/mol. The summed E-state index contributed by atoms with van der Waals surface area (Å²) in [7, 11) is 0. The van der Waals surface area contributed by atoms with Crippen molar-refractivity contribution < 1.29 is 0 Å². The molecule has 2 unspecified atom stereocenters. The zero-order chi connectivity index (χ0) is 14.1. The molecule has 0 saturated heterocycles. The van der Waals surface area contributed by atoms with Crippen LogP contribution in [0.25, 0.3) is 0 Å². The van der Waals surface area contributed by atoms with E-state index in [2.05, 4.69) is 48.5 Å². The molecule has 110 valence electrons. The third-order valence-corrected chi connectivity index (χ3v) is 4.42. The highest BCUT2D eigenvalue weighted by atomic mass is 14.3. The summed E-state index contributed by atoms with van der Waals surface area (Å²) in [6, 6.07) is 0. The van der Waals surface area contributed by atoms with E-state index >= 15 is 0 Å². The number of hydrogen-bond acceptors (Lipinski definition) is 0. The Balaban J connectivity index is 4.25. The van der Waals surface area contributed by atoms with Crippen LogP contribution in [0.2, 0.25) is 0 Å². The van der Waals surface area contributed by atoms with Crippen molar-refractivity contribution in [3.05, 3.63) is 0 Å². The van der Waals surface area contributed by atoms with Crippen LogP contribution < -0.4 is 0 Å². The first-order chi connectivity index (χ1) is 8.38. The molecule has 0 aromatic rings. The Morgan fingerprint density at radius 3 is 1.61 bits per heavy atom. The lowest BCUT2D eigenvalue weighted by molar-refractivity contribution is 0.202. The summed E-state index contributed by atoms with van der Waals surface area (Å²) in [6.07, 6.45) is 8.51. The van der Waals surface area contributed by atoms with Crippen LogP contribution in [0, 0.1) is 29.6 Å². The zero-order valence-electron chi connectivity index (χ0n) is 14.1. The molecule has 0 radical (unpaired) electrons. The highest BCUT2D eigenvalue weighted by molar-refractivity contribution is 4.73. The predicted molar refractivity (Wildman–Crippen MR) is 84.9 cm³/mol. The van der Waals surface area contributed by atoms with Crippen molar-refractivity contribution in [2.75, 3.05) is 0 Å². The van der Waals surface area contributed by atoms with Gasteiger partial charge in [-0.3, -0.25) is 0 Å². The van der Waals surface area contributed by atoms with Gasteiger partial charge < -0.3 is 0 Å². The quantitative estimate of drug-likeness (QED) is 0.415. The van der Waals surface area contributed by atoms with Gasteiger partial charge >= 0.3 is 0 Å². The van der Waals surface area contributed by atoms with Gasteiger partial charge in [0.25, 0.3) is 0 Å². The average Bonchev–Trinajstić information content (AvgIpc) is 2.26. The normalized spacial score (nSPS) is 15.7. The molecule has 0 aromatic heterocycles. The molecule has 0 aliphatic rings. The van der Waals surface area contributed by atoms with Gasteiger partial charge in [-0.05, 0) is 42.4 Å². The van der Waals surface area contributed by atoms with Gasteiger partial charge in [0.15, 0.2) is 0 Å². The third kappa shape index (κ3) is 8.16. The lowest BCUT2D eigenvalue weighted by Gasteiger charge is -2.30. The highest BCUT2D eigenvalue weighted by Gasteiger charge is 2.22. The maximum absolute atomic E-state index is 2.43. The van der Waals surface area contributed by atoms with E-state index in [1.165, 1.54) is 38.5 Å². The minimum Gasteiger partial charge on any atom is -0.0651 e. The van der Waals surface area contributed by atoms with Gasteiger partial charge in [0.05, 0.1) is 0 Å². The monoisotopic (exact) mass is 254 g/mol. The Kier molecular flexibility index (Phi) is 9.87. The molecule has 0 rings (SSSR count). The van der Waals surface area contributed by atoms with Crippen molar-refractivity contribution >= 4 is 0 Å². The van der Waals surface area contributed by atoms with E-state index in [9.17, 15) is 0 Å². The Hall–Kier alpha value is 0. The van der Waals surface area contributed by atoms with Crippen LogP contribution in [0.5, 0.6) is 0 Å². The molecule has 18 heavy (non-hydrogen) atoms. The zero-order valence-corrected chi connectivity index (χ0v) is 14.1. The first-order valence-corrected chi connectivity index (χ1v) is 8.38. The predicted octanol–water partition coefficient (Wildman–Crippen LogP) is 6.55. The third-order valence-electron chi connectivity index (χ3n) is 4.42. The van der Waals surface area contributed by atoms with Crippen LogP contribution in [-0.2, 0) is 0 Å². The molecule has 0 fully saturated rings. The summed E-state index contributed by atoms with van der Waals surface area (Å²) < 4.78 is 0. The van der Waals surface area contributed by atoms with E-state index < -0.39 is 0 Å². The van der Waals surface area contributed by atoms with E-state index in [0.717, 1.165) is 29.6 Å². The van der Waals surface area contributed by atoms with Crippen LogP contribution >= 0.6 is 0 Å². The van der Waals surface area contributed by atoms with E-state index in [0.29, 0.717) is 0 Å². The summed E-state index contributed by atoms with van der Waals surface area (Å²) in [5.74, 6) is 4.50. The summed E-state index contributed by atoms with van der Waals surface area (Å²) in [6.45, 7) is 16.7. The van der Waals surface area contributed by atoms with Gasteiger partial charge in [0.1, 0.15) is 0 Å². The summed E-state index contributed by atoms with van der Waals surface area (Å²) in [4.78, 5) is 0. The molecule has 0 heteroatoms. The molecule has 0 spiro atoms. The van der Waals surface area contributed by atoms with Gasteiger partial charge in [-0.25, -0.2) is 0 Å². The molecule has 0 bridgehead atoms. The van der Waals surface area contributed by atoms with E-state index in [4.69, 9.17) is 0 Å². The van der Waals surface area contributed by atoms with E-state index in [1.807, 2.05) is 0 Å². The second kappa shape index (κ2) is 9.87. The fourth-order valence-electron chi connectivity index (χ4n) is 3.14. The Morgan fingerprint density at radius 2 is 1.22 bits per heavy atom. The largest absolute Gasteiger partial charge is 0.0651 e. The molecule has 0 N–H and O–H groups in total. The summed E-state index contributed by atoms with van der Waals surface area (Å²) in [5.41, 5.74) is 0. The second-order valence-electron chi connectivity index (χ2n) is 7.37. The van der Waals surface area contributed by atoms with Crippen LogP contribution in [0.15, 0.2) is 0 Å². The highest BCUT2D eigenvalue weighted by Crippen LogP contribution is 2.33. The van der Waals surface area contributed by atoms with Crippen LogP contribution in [0.4, 0.5) is 0 Å². The van der Waals surface area contributed by atoms with Crippen molar-refractivity contribution in [3.63, 3.8) is 0 Å². The number of rotatable bonds is 10. The number of hydrogen-bond donors (Lipinski definition) is 0. The second-order valence-corrected chi connectivity index (χ2v) is 7.37. The molecule has 2 atom stereocenters. The Morgan fingerprint density at radius 1 is 0.667 bits per heavy atom. The Labute approximate surface area is 117 Å². The minimum atomic E-state index is 0.856. The molecule has 0 nitrogen and oxygen atoms in total. The summed E-state index contributed by atoms with van der Waals surface area (Å²) in [5, 5.41) is 0.